The molecule has 8 heteroatoms. The van der Waals surface area contributed by atoms with E-state index in [0.29, 0.717) is 38.6 Å². The molecule has 4 aromatic rings. The van der Waals surface area contributed by atoms with E-state index >= 15 is 0 Å². The van der Waals surface area contributed by atoms with Gasteiger partial charge in [0.15, 0.2) is 5.76 Å². The lowest BCUT2D eigenvalue weighted by molar-refractivity contribution is 0.0703. The number of hydrogen-bond acceptors (Lipinski definition) is 6. The molecule has 0 amide bonds. The molecule has 2 heterocycles. The van der Waals surface area contributed by atoms with Crippen LogP contribution in [0.3, 0.4) is 0 Å². The average molecular weight is 526 g/mol. The van der Waals surface area contributed by atoms with Crippen LogP contribution in [0.5, 0.6) is 17.2 Å². The Morgan fingerprint density at radius 3 is 2.73 bits per heavy atom. The second kappa shape index (κ2) is 8.42. The molecule has 0 fully saturated rings. The van der Waals surface area contributed by atoms with Crippen LogP contribution in [0.2, 0.25) is 5.02 Å². The standard InChI is InChI=1S/C25H14BrClO6/c1-30-19-6-2-15(26)8-13(19)10-22-24(28)18-5-4-17(12-21(18)33-22)31-25(29)23-11-14-9-16(27)3-7-20(14)32-23/h2-12H,1H3/b22-10-. The van der Waals surface area contributed by atoms with Crippen molar-refractivity contribution >= 4 is 56.3 Å². The third-order valence-electron chi connectivity index (χ3n) is 5.01. The molecule has 1 aromatic heterocycles. The summed E-state index contributed by atoms with van der Waals surface area (Å²) in [6, 6.07) is 16.6. The lowest BCUT2D eigenvalue weighted by Gasteiger charge is -2.06. The molecule has 0 bridgehead atoms. The van der Waals surface area contributed by atoms with Crippen LogP contribution >= 0.6 is 27.5 Å². The summed E-state index contributed by atoms with van der Waals surface area (Å²) in [6.45, 7) is 0. The fraction of sp³-hybridized carbons (Fsp3) is 0.0400. The molecule has 0 radical (unpaired) electrons. The Bertz CT molecular complexity index is 1470. The molecular formula is C25H14BrClO6. The predicted molar refractivity (Wildman–Crippen MR) is 126 cm³/mol. The number of rotatable bonds is 4. The third kappa shape index (κ3) is 4.13. The lowest BCUT2D eigenvalue weighted by atomic mass is 10.1. The summed E-state index contributed by atoms with van der Waals surface area (Å²) in [4.78, 5) is 25.3. The van der Waals surface area contributed by atoms with Crippen LogP contribution in [0.1, 0.15) is 26.5 Å². The first-order valence-corrected chi connectivity index (χ1v) is 10.9. The van der Waals surface area contributed by atoms with E-state index in [-0.39, 0.29) is 23.1 Å². The Hall–Kier alpha value is -3.55. The molecule has 0 aliphatic carbocycles. The molecule has 6 nitrogen and oxygen atoms in total. The molecule has 0 spiro atoms. The maximum atomic E-state index is 12.8. The topological polar surface area (TPSA) is 75.0 Å². The van der Waals surface area contributed by atoms with Crippen molar-refractivity contribution in [3.63, 3.8) is 0 Å². The molecular weight excluding hydrogens is 512 g/mol. The second-order valence-electron chi connectivity index (χ2n) is 7.17. The highest BCUT2D eigenvalue weighted by molar-refractivity contribution is 9.10. The smallest absolute Gasteiger partial charge is 0.379 e. The first-order valence-electron chi connectivity index (χ1n) is 9.74. The normalized spacial score (nSPS) is 13.8. The van der Waals surface area contributed by atoms with Crippen molar-refractivity contribution in [2.75, 3.05) is 7.11 Å². The molecule has 3 aromatic carbocycles. The van der Waals surface area contributed by atoms with Gasteiger partial charge >= 0.3 is 5.97 Å². The minimum atomic E-state index is -0.679. The fourth-order valence-electron chi connectivity index (χ4n) is 3.46. The van der Waals surface area contributed by atoms with Gasteiger partial charge in [0.2, 0.25) is 11.5 Å². The number of ether oxygens (including phenoxy) is 3. The summed E-state index contributed by atoms with van der Waals surface area (Å²) in [6.07, 6.45) is 1.61. The Morgan fingerprint density at radius 1 is 1.06 bits per heavy atom. The van der Waals surface area contributed by atoms with Crippen molar-refractivity contribution in [2.24, 2.45) is 0 Å². The molecule has 0 atom stereocenters. The third-order valence-corrected chi connectivity index (χ3v) is 5.74. The number of benzene rings is 3. The number of halogens is 2. The molecule has 1 aliphatic rings. The SMILES string of the molecule is COc1ccc(Br)cc1/C=C1\Oc2cc(OC(=O)c3cc4cc(Cl)ccc4o3)ccc2C1=O. The number of fused-ring (bicyclic) bond motifs is 2. The van der Waals surface area contributed by atoms with Gasteiger partial charge in [0.1, 0.15) is 22.8 Å². The zero-order valence-corrected chi connectivity index (χ0v) is 19.4. The van der Waals surface area contributed by atoms with E-state index in [4.69, 9.17) is 30.2 Å². The number of ketones is 1. The number of carbonyl (C=O) groups excluding carboxylic acids is 2. The molecule has 0 saturated heterocycles. The lowest BCUT2D eigenvalue weighted by Crippen LogP contribution is -2.07. The molecule has 1 aliphatic heterocycles. The van der Waals surface area contributed by atoms with E-state index in [1.807, 2.05) is 12.1 Å². The van der Waals surface area contributed by atoms with Crippen LogP contribution in [0.4, 0.5) is 0 Å². The van der Waals surface area contributed by atoms with Crippen LogP contribution in [0.25, 0.3) is 17.0 Å². The number of carbonyl (C=O) groups is 2. The molecule has 0 saturated carbocycles. The average Bonchev–Trinajstić information content (AvgIpc) is 3.34. The van der Waals surface area contributed by atoms with Crippen molar-refractivity contribution < 1.29 is 28.2 Å². The zero-order chi connectivity index (χ0) is 23.1. The van der Waals surface area contributed by atoms with Gasteiger partial charge in [-0.05, 0) is 60.7 Å². The number of esters is 1. The Kier molecular flexibility index (Phi) is 5.44. The highest BCUT2D eigenvalue weighted by Gasteiger charge is 2.28. The number of hydrogen-bond donors (Lipinski definition) is 0. The predicted octanol–water partition coefficient (Wildman–Crippen LogP) is 6.69. The Labute approximate surface area is 201 Å². The molecule has 5 rings (SSSR count). The monoisotopic (exact) mass is 524 g/mol. The quantitative estimate of drug-likeness (QED) is 0.168. The van der Waals surface area contributed by atoms with Crippen molar-refractivity contribution in [1.82, 2.24) is 0 Å². The summed E-state index contributed by atoms with van der Waals surface area (Å²) in [5.41, 5.74) is 1.57. The maximum absolute atomic E-state index is 12.8. The van der Waals surface area contributed by atoms with Gasteiger partial charge in [0.05, 0.1) is 12.7 Å². The molecule has 164 valence electrons. The van der Waals surface area contributed by atoms with Gasteiger partial charge < -0.3 is 18.6 Å². The van der Waals surface area contributed by atoms with Gasteiger partial charge in [0, 0.05) is 26.5 Å². The number of furan rings is 1. The summed E-state index contributed by atoms with van der Waals surface area (Å²) >= 11 is 9.39. The first kappa shape index (κ1) is 21.3. The summed E-state index contributed by atoms with van der Waals surface area (Å²) < 4.78 is 22.9. The van der Waals surface area contributed by atoms with E-state index in [2.05, 4.69) is 15.9 Å². The van der Waals surface area contributed by atoms with Gasteiger partial charge in [-0.25, -0.2) is 4.79 Å². The molecule has 0 N–H and O–H groups in total. The summed E-state index contributed by atoms with van der Waals surface area (Å²) in [7, 11) is 1.55. The van der Waals surface area contributed by atoms with E-state index in [1.165, 1.54) is 12.1 Å². The maximum Gasteiger partial charge on any atom is 0.379 e. The van der Waals surface area contributed by atoms with Gasteiger partial charge in [0.25, 0.3) is 0 Å². The minimum Gasteiger partial charge on any atom is -0.496 e. The van der Waals surface area contributed by atoms with Crippen LogP contribution < -0.4 is 14.2 Å². The van der Waals surface area contributed by atoms with Crippen LogP contribution in [-0.4, -0.2) is 18.9 Å². The van der Waals surface area contributed by atoms with E-state index in [9.17, 15) is 9.59 Å². The zero-order valence-electron chi connectivity index (χ0n) is 17.1. The van der Waals surface area contributed by atoms with E-state index < -0.39 is 5.97 Å². The second-order valence-corrected chi connectivity index (χ2v) is 8.52. The first-order chi connectivity index (χ1) is 15.9. The van der Waals surface area contributed by atoms with Crippen LogP contribution in [0, 0.1) is 0 Å². The van der Waals surface area contributed by atoms with Crippen LogP contribution in [0.15, 0.2) is 75.3 Å². The van der Waals surface area contributed by atoms with Crippen molar-refractivity contribution in [2.45, 2.75) is 0 Å². The number of allylic oxidation sites excluding steroid dienone is 1. The van der Waals surface area contributed by atoms with E-state index in [0.717, 1.165) is 4.47 Å². The van der Waals surface area contributed by atoms with Gasteiger partial charge in [-0.1, -0.05) is 27.5 Å². The Balaban J connectivity index is 1.39. The minimum absolute atomic E-state index is 0.0343. The number of methoxy groups -OCH3 is 1. The van der Waals surface area contributed by atoms with Gasteiger partial charge in [-0.2, -0.15) is 0 Å². The summed E-state index contributed by atoms with van der Waals surface area (Å²) in [5.74, 6) is 0.319. The molecule has 0 unspecified atom stereocenters. The molecule has 33 heavy (non-hydrogen) atoms. The highest BCUT2D eigenvalue weighted by Crippen LogP contribution is 2.36. The Morgan fingerprint density at radius 2 is 1.91 bits per heavy atom. The van der Waals surface area contributed by atoms with E-state index in [1.54, 1.807) is 49.6 Å². The van der Waals surface area contributed by atoms with Gasteiger partial charge in [-0.3, -0.25) is 4.79 Å². The largest absolute Gasteiger partial charge is 0.496 e. The fourth-order valence-corrected chi connectivity index (χ4v) is 4.02. The number of Topliss-reactive ketones (excluding diaryl/α,β-unsaturated/α-hetero) is 1. The summed E-state index contributed by atoms with van der Waals surface area (Å²) in [5, 5.41) is 1.23. The highest BCUT2D eigenvalue weighted by atomic mass is 79.9. The van der Waals surface area contributed by atoms with Crippen molar-refractivity contribution in [3.05, 3.63) is 92.8 Å². The van der Waals surface area contributed by atoms with Crippen molar-refractivity contribution in [1.29, 1.82) is 0 Å². The van der Waals surface area contributed by atoms with Crippen molar-refractivity contribution in [3.8, 4) is 17.2 Å². The van der Waals surface area contributed by atoms with Crippen LogP contribution in [-0.2, 0) is 0 Å². The van der Waals surface area contributed by atoms with Gasteiger partial charge in [-0.15, -0.1) is 0 Å².